The summed E-state index contributed by atoms with van der Waals surface area (Å²) >= 11 is 0. The highest BCUT2D eigenvalue weighted by Gasteiger charge is 2.42. The molecule has 0 heterocycles. The van der Waals surface area contributed by atoms with Gasteiger partial charge in [-0.05, 0) is 31.1 Å². The van der Waals surface area contributed by atoms with Gasteiger partial charge in [0, 0.05) is 0 Å². The van der Waals surface area contributed by atoms with Crippen molar-refractivity contribution in [1.29, 1.82) is 0 Å². The van der Waals surface area contributed by atoms with Crippen LogP contribution in [0.2, 0.25) is 0 Å². The Hall–Kier alpha value is -0.530. The minimum absolute atomic E-state index is 0.00231. The minimum atomic E-state index is -0.556. The molecule has 0 aromatic carbocycles. The van der Waals surface area contributed by atoms with Gasteiger partial charge in [-0.25, -0.2) is 0 Å². The van der Waals surface area contributed by atoms with Gasteiger partial charge in [-0.1, -0.05) is 12.8 Å². The highest BCUT2D eigenvalue weighted by atomic mass is 16.4. The third kappa shape index (κ3) is 1.05. The molecule has 0 spiro atoms. The standard InChI is InChI=1S/C9H14O2/c10-9(11)8-5-4-6-2-1-3-7(6)8/h6-8H,1-5H2,(H,10,11)/t6-,7-,8?/m1/s1. The summed E-state index contributed by atoms with van der Waals surface area (Å²) in [5.74, 6) is 0.741. The quantitative estimate of drug-likeness (QED) is 0.626. The Kier molecular flexibility index (Phi) is 1.63. The molecule has 2 rings (SSSR count). The molecule has 62 valence electrons. The van der Waals surface area contributed by atoms with Gasteiger partial charge < -0.3 is 5.11 Å². The molecule has 0 amide bonds. The van der Waals surface area contributed by atoms with Gasteiger partial charge in [-0.3, -0.25) is 4.79 Å². The first-order chi connectivity index (χ1) is 5.29. The first-order valence-corrected chi connectivity index (χ1v) is 4.52. The van der Waals surface area contributed by atoms with Gasteiger partial charge in [0.2, 0.25) is 0 Å². The Morgan fingerprint density at radius 2 is 2.00 bits per heavy atom. The second-order valence-electron chi connectivity index (χ2n) is 3.88. The van der Waals surface area contributed by atoms with Gasteiger partial charge in [0.25, 0.3) is 0 Å². The van der Waals surface area contributed by atoms with Crippen LogP contribution in [0.25, 0.3) is 0 Å². The number of carboxylic acid groups (broad SMARTS) is 1. The number of rotatable bonds is 1. The fraction of sp³-hybridized carbons (Fsp3) is 0.889. The Morgan fingerprint density at radius 3 is 2.73 bits per heavy atom. The molecule has 0 aliphatic heterocycles. The lowest BCUT2D eigenvalue weighted by atomic mass is 9.92. The summed E-state index contributed by atoms with van der Waals surface area (Å²) < 4.78 is 0. The van der Waals surface area contributed by atoms with Crippen LogP contribution in [0, 0.1) is 17.8 Å². The Morgan fingerprint density at radius 1 is 1.18 bits per heavy atom. The van der Waals surface area contributed by atoms with Gasteiger partial charge >= 0.3 is 5.97 Å². The lowest BCUT2D eigenvalue weighted by Crippen LogP contribution is -2.18. The minimum Gasteiger partial charge on any atom is -0.481 e. The van der Waals surface area contributed by atoms with E-state index in [0.717, 1.165) is 12.3 Å². The molecular formula is C9H14O2. The third-order valence-electron chi connectivity index (χ3n) is 3.40. The van der Waals surface area contributed by atoms with Crippen LogP contribution in [0.1, 0.15) is 32.1 Å². The van der Waals surface area contributed by atoms with Crippen molar-refractivity contribution < 1.29 is 9.90 Å². The second-order valence-corrected chi connectivity index (χ2v) is 3.88. The van der Waals surface area contributed by atoms with Gasteiger partial charge in [-0.15, -0.1) is 0 Å². The first kappa shape index (κ1) is 7.14. The molecule has 2 fully saturated rings. The summed E-state index contributed by atoms with van der Waals surface area (Å²) in [4.78, 5) is 10.7. The lowest BCUT2D eigenvalue weighted by Gasteiger charge is -2.12. The summed E-state index contributed by atoms with van der Waals surface area (Å²) in [6.07, 6.45) is 5.82. The smallest absolute Gasteiger partial charge is 0.306 e. The molecule has 3 atom stereocenters. The molecule has 2 nitrogen and oxygen atoms in total. The monoisotopic (exact) mass is 154 g/mol. The first-order valence-electron chi connectivity index (χ1n) is 4.52. The van der Waals surface area contributed by atoms with E-state index < -0.39 is 5.97 Å². The second kappa shape index (κ2) is 2.50. The molecule has 2 aliphatic rings. The summed E-state index contributed by atoms with van der Waals surface area (Å²) in [5.41, 5.74) is 0. The number of carboxylic acids is 1. The Balaban J connectivity index is 2.08. The number of hydrogen-bond donors (Lipinski definition) is 1. The van der Waals surface area contributed by atoms with E-state index in [1.54, 1.807) is 0 Å². The van der Waals surface area contributed by atoms with Gasteiger partial charge in [0.05, 0.1) is 5.92 Å². The van der Waals surface area contributed by atoms with Crippen LogP contribution in [0.4, 0.5) is 0 Å². The molecule has 2 aliphatic carbocycles. The van der Waals surface area contributed by atoms with Crippen molar-refractivity contribution in [2.24, 2.45) is 17.8 Å². The molecule has 2 saturated carbocycles. The van der Waals surface area contributed by atoms with Crippen molar-refractivity contribution in [3.63, 3.8) is 0 Å². The molecule has 11 heavy (non-hydrogen) atoms. The number of fused-ring (bicyclic) bond motifs is 1. The van der Waals surface area contributed by atoms with E-state index >= 15 is 0 Å². The van der Waals surface area contributed by atoms with Crippen LogP contribution in [0.5, 0.6) is 0 Å². The fourth-order valence-electron chi connectivity index (χ4n) is 2.87. The normalized spacial score (nSPS) is 42.4. The predicted octanol–water partition coefficient (Wildman–Crippen LogP) is 1.90. The lowest BCUT2D eigenvalue weighted by molar-refractivity contribution is -0.143. The van der Waals surface area contributed by atoms with E-state index in [1.807, 2.05) is 0 Å². The van der Waals surface area contributed by atoms with Crippen LogP contribution < -0.4 is 0 Å². The average Bonchev–Trinajstić information content (AvgIpc) is 2.41. The zero-order chi connectivity index (χ0) is 7.84. The van der Waals surface area contributed by atoms with Crippen LogP contribution >= 0.6 is 0 Å². The maximum Gasteiger partial charge on any atom is 0.306 e. The molecule has 0 bridgehead atoms. The predicted molar refractivity (Wildman–Crippen MR) is 41.2 cm³/mol. The topological polar surface area (TPSA) is 37.3 Å². The van der Waals surface area contributed by atoms with Crippen molar-refractivity contribution in [3.8, 4) is 0 Å². The van der Waals surface area contributed by atoms with E-state index in [2.05, 4.69) is 0 Å². The van der Waals surface area contributed by atoms with Crippen molar-refractivity contribution in [1.82, 2.24) is 0 Å². The highest BCUT2D eigenvalue weighted by Crippen LogP contribution is 2.47. The maximum atomic E-state index is 10.7. The van der Waals surface area contributed by atoms with Crippen molar-refractivity contribution >= 4 is 5.97 Å². The summed E-state index contributed by atoms with van der Waals surface area (Å²) in [6, 6.07) is 0. The SMILES string of the molecule is O=C(O)C1CC[C@H]2CCC[C@@H]12. The molecule has 1 unspecified atom stereocenters. The van der Waals surface area contributed by atoms with E-state index in [4.69, 9.17) is 5.11 Å². The van der Waals surface area contributed by atoms with E-state index in [-0.39, 0.29) is 5.92 Å². The van der Waals surface area contributed by atoms with Gasteiger partial charge in [-0.2, -0.15) is 0 Å². The Labute approximate surface area is 66.6 Å². The molecule has 0 saturated heterocycles. The molecule has 0 aromatic rings. The van der Waals surface area contributed by atoms with Gasteiger partial charge in [0.1, 0.15) is 0 Å². The van der Waals surface area contributed by atoms with Crippen LogP contribution in [0.15, 0.2) is 0 Å². The van der Waals surface area contributed by atoms with E-state index in [1.165, 1.54) is 25.7 Å². The number of carbonyl (C=O) groups is 1. The maximum absolute atomic E-state index is 10.7. The Bertz CT molecular complexity index is 176. The largest absolute Gasteiger partial charge is 0.481 e. The van der Waals surface area contributed by atoms with E-state index in [9.17, 15) is 4.79 Å². The molecule has 2 heteroatoms. The van der Waals surface area contributed by atoms with Crippen molar-refractivity contribution in [2.75, 3.05) is 0 Å². The number of aliphatic carboxylic acids is 1. The highest BCUT2D eigenvalue weighted by molar-refractivity contribution is 5.70. The molecule has 0 aromatic heterocycles. The van der Waals surface area contributed by atoms with E-state index in [0.29, 0.717) is 5.92 Å². The summed E-state index contributed by atoms with van der Waals surface area (Å²) in [6.45, 7) is 0. The zero-order valence-corrected chi connectivity index (χ0v) is 6.62. The van der Waals surface area contributed by atoms with Gasteiger partial charge in [0.15, 0.2) is 0 Å². The van der Waals surface area contributed by atoms with Crippen molar-refractivity contribution in [3.05, 3.63) is 0 Å². The zero-order valence-electron chi connectivity index (χ0n) is 6.62. The van der Waals surface area contributed by atoms with Crippen LogP contribution in [-0.2, 0) is 4.79 Å². The molecule has 1 N–H and O–H groups in total. The molecular weight excluding hydrogens is 140 g/mol. The fourth-order valence-corrected chi connectivity index (χ4v) is 2.87. The summed E-state index contributed by atoms with van der Waals surface area (Å²) in [5, 5.41) is 8.86. The molecule has 0 radical (unpaired) electrons. The van der Waals surface area contributed by atoms with Crippen LogP contribution in [0.3, 0.4) is 0 Å². The third-order valence-corrected chi connectivity index (χ3v) is 3.40. The van der Waals surface area contributed by atoms with Crippen LogP contribution in [-0.4, -0.2) is 11.1 Å². The van der Waals surface area contributed by atoms with Crippen molar-refractivity contribution in [2.45, 2.75) is 32.1 Å². The average molecular weight is 154 g/mol. The summed E-state index contributed by atoms with van der Waals surface area (Å²) in [7, 11) is 0. The number of hydrogen-bond acceptors (Lipinski definition) is 1.